The minimum absolute atomic E-state index is 0. The lowest BCUT2D eigenvalue weighted by molar-refractivity contribution is -0.384. The average Bonchev–Trinajstić information content (AvgIpc) is 2.58. The van der Waals surface area contributed by atoms with E-state index in [2.05, 4.69) is 15.6 Å². The normalized spacial score (nSPS) is 20.8. The van der Waals surface area contributed by atoms with E-state index >= 15 is 0 Å². The quantitative estimate of drug-likeness (QED) is 0.222. The van der Waals surface area contributed by atoms with Crippen molar-refractivity contribution in [3.8, 4) is 0 Å². The molecule has 0 heterocycles. The topological polar surface area (TPSA) is 79.6 Å². The zero-order chi connectivity index (χ0) is 18.4. The molecular formula is C16H22F3IN4O2. The van der Waals surface area contributed by atoms with E-state index in [1.165, 1.54) is 12.1 Å². The number of nitrogens with zero attached hydrogens (tertiary/aromatic N) is 2. The van der Waals surface area contributed by atoms with Crippen molar-refractivity contribution in [2.75, 3.05) is 7.05 Å². The van der Waals surface area contributed by atoms with Crippen LogP contribution >= 0.6 is 24.0 Å². The lowest BCUT2D eigenvalue weighted by Gasteiger charge is -2.31. The Balaban J connectivity index is 0.00000338. The van der Waals surface area contributed by atoms with Crippen LogP contribution in [0.4, 0.5) is 18.9 Å². The molecule has 1 aromatic rings. The van der Waals surface area contributed by atoms with Crippen molar-refractivity contribution in [2.24, 2.45) is 10.9 Å². The molecule has 1 aromatic carbocycles. The van der Waals surface area contributed by atoms with Gasteiger partial charge in [0.25, 0.3) is 5.69 Å². The van der Waals surface area contributed by atoms with Crippen molar-refractivity contribution in [3.63, 3.8) is 0 Å². The Morgan fingerprint density at radius 3 is 2.50 bits per heavy atom. The second kappa shape index (κ2) is 9.93. The van der Waals surface area contributed by atoms with E-state index in [1.807, 2.05) is 0 Å². The van der Waals surface area contributed by atoms with E-state index in [4.69, 9.17) is 0 Å². The molecule has 0 atom stereocenters. The average molecular weight is 486 g/mol. The van der Waals surface area contributed by atoms with Gasteiger partial charge in [-0.3, -0.25) is 15.1 Å². The van der Waals surface area contributed by atoms with Crippen molar-refractivity contribution < 1.29 is 18.1 Å². The van der Waals surface area contributed by atoms with E-state index in [1.54, 1.807) is 19.2 Å². The molecule has 6 nitrogen and oxygen atoms in total. The number of non-ortho nitro benzene ring substituents is 1. The van der Waals surface area contributed by atoms with E-state index in [-0.39, 0.29) is 48.5 Å². The van der Waals surface area contributed by atoms with Gasteiger partial charge in [-0.05, 0) is 31.2 Å². The lowest BCUT2D eigenvalue weighted by atomic mass is 9.85. The maximum absolute atomic E-state index is 12.7. The van der Waals surface area contributed by atoms with Gasteiger partial charge in [-0.1, -0.05) is 12.1 Å². The number of guanidine groups is 1. The molecule has 26 heavy (non-hydrogen) atoms. The summed E-state index contributed by atoms with van der Waals surface area (Å²) in [6.07, 6.45) is -3.03. The SMILES string of the molecule is CN=C(NCc1cccc([N+](=O)[O-])c1)NC1CCC(C(F)(F)F)CC1.I. The molecule has 0 aliphatic heterocycles. The van der Waals surface area contributed by atoms with Crippen molar-refractivity contribution in [1.29, 1.82) is 0 Å². The summed E-state index contributed by atoms with van der Waals surface area (Å²) in [7, 11) is 1.57. The van der Waals surface area contributed by atoms with Crippen LogP contribution in [0, 0.1) is 16.0 Å². The molecule has 1 aliphatic carbocycles. The van der Waals surface area contributed by atoms with Crippen molar-refractivity contribution >= 4 is 35.6 Å². The highest BCUT2D eigenvalue weighted by Crippen LogP contribution is 2.37. The van der Waals surface area contributed by atoms with Gasteiger partial charge in [0.15, 0.2) is 5.96 Å². The van der Waals surface area contributed by atoms with E-state index in [0.717, 1.165) is 5.56 Å². The van der Waals surface area contributed by atoms with Gasteiger partial charge in [-0.15, -0.1) is 24.0 Å². The molecule has 2 rings (SSSR count). The summed E-state index contributed by atoms with van der Waals surface area (Å²) in [6.45, 7) is 0.333. The maximum Gasteiger partial charge on any atom is 0.391 e. The monoisotopic (exact) mass is 486 g/mol. The lowest BCUT2D eigenvalue weighted by Crippen LogP contribution is -2.45. The van der Waals surface area contributed by atoms with Crippen LogP contribution in [0.3, 0.4) is 0 Å². The van der Waals surface area contributed by atoms with Gasteiger partial charge < -0.3 is 10.6 Å². The van der Waals surface area contributed by atoms with Crippen molar-refractivity contribution in [1.82, 2.24) is 10.6 Å². The first-order chi connectivity index (χ1) is 11.8. The number of halogens is 4. The Morgan fingerprint density at radius 2 is 1.96 bits per heavy atom. The molecular weight excluding hydrogens is 464 g/mol. The molecule has 146 valence electrons. The Morgan fingerprint density at radius 1 is 1.31 bits per heavy atom. The predicted octanol–water partition coefficient (Wildman–Crippen LogP) is 4.00. The van der Waals surface area contributed by atoms with Crippen LogP contribution in [0.15, 0.2) is 29.3 Å². The van der Waals surface area contributed by atoms with Crippen LogP contribution in [0.25, 0.3) is 0 Å². The Kier molecular flexibility index (Phi) is 8.57. The van der Waals surface area contributed by atoms with Gasteiger partial charge in [0.2, 0.25) is 0 Å². The van der Waals surface area contributed by atoms with Crippen LogP contribution < -0.4 is 10.6 Å². The first-order valence-corrected chi connectivity index (χ1v) is 8.07. The van der Waals surface area contributed by atoms with Crippen LogP contribution in [-0.4, -0.2) is 30.1 Å². The largest absolute Gasteiger partial charge is 0.391 e. The Bertz CT molecular complexity index is 632. The molecule has 10 heteroatoms. The van der Waals surface area contributed by atoms with E-state index in [0.29, 0.717) is 25.3 Å². The minimum Gasteiger partial charge on any atom is -0.354 e. The highest BCUT2D eigenvalue weighted by Gasteiger charge is 2.41. The van der Waals surface area contributed by atoms with E-state index in [9.17, 15) is 23.3 Å². The summed E-state index contributed by atoms with van der Waals surface area (Å²) in [5.41, 5.74) is 0.727. The molecule has 0 unspecified atom stereocenters. The molecule has 0 saturated heterocycles. The zero-order valence-corrected chi connectivity index (χ0v) is 16.6. The van der Waals surface area contributed by atoms with Gasteiger partial charge >= 0.3 is 6.18 Å². The van der Waals surface area contributed by atoms with Crippen LogP contribution in [0.5, 0.6) is 0 Å². The number of nitrogens with one attached hydrogen (secondary N) is 2. The van der Waals surface area contributed by atoms with Gasteiger partial charge in [-0.25, -0.2) is 0 Å². The molecule has 0 radical (unpaired) electrons. The smallest absolute Gasteiger partial charge is 0.354 e. The van der Waals surface area contributed by atoms with Crippen LogP contribution in [0.1, 0.15) is 31.2 Å². The number of nitro groups is 1. The Labute approximate surface area is 166 Å². The second-order valence-electron chi connectivity index (χ2n) is 6.09. The molecule has 0 aromatic heterocycles. The fraction of sp³-hybridized carbons (Fsp3) is 0.562. The summed E-state index contributed by atoms with van der Waals surface area (Å²) in [6, 6.07) is 6.17. The number of nitro benzene ring substituents is 1. The molecule has 0 spiro atoms. The summed E-state index contributed by atoms with van der Waals surface area (Å²) < 4.78 is 38.1. The predicted molar refractivity (Wildman–Crippen MR) is 104 cm³/mol. The number of hydrogen-bond acceptors (Lipinski definition) is 3. The second-order valence-corrected chi connectivity index (χ2v) is 6.09. The van der Waals surface area contributed by atoms with Gasteiger partial charge in [0, 0.05) is 31.8 Å². The highest BCUT2D eigenvalue weighted by molar-refractivity contribution is 14.0. The highest BCUT2D eigenvalue weighted by atomic mass is 127. The summed E-state index contributed by atoms with van der Waals surface area (Å²) >= 11 is 0. The summed E-state index contributed by atoms with van der Waals surface area (Å²) in [5.74, 6) is -0.743. The number of hydrogen-bond donors (Lipinski definition) is 2. The standard InChI is InChI=1S/C16H21F3N4O2.HI/c1-20-15(21-10-11-3-2-4-14(9-11)23(24)25)22-13-7-5-12(6-8-13)16(17,18)19;/h2-4,9,12-13H,5-8,10H2,1H3,(H2,20,21,22);1H. The zero-order valence-electron chi connectivity index (χ0n) is 14.3. The molecule has 1 aliphatic rings. The van der Waals surface area contributed by atoms with Gasteiger partial charge in [0.1, 0.15) is 0 Å². The molecule has 0 amide bonds. The first kappa shape index (κ1) is 22.5. The third kappa shape index (κ3) is 6.61. The van der Waals surface area contributed by atoms with Crippen molar-refractivity contribution in [2.45, 2.75) is 44.4 Å². The number of alkyl halides is 3. The first-order valence-electron chi connectivity index (χ1n) is 8.07. The molecule has 0 bridgehead atoms. The fourth-order valence-corrected chi connectivity index (χ4v) is 2.92. The number of benzene rings is 1. The maximum atomic E-state index is 12.7. The van der Waals surface area contributed by atoms with Crippen LogP contribution in [-0.2, 0) is 6.54 Å². The minimum atomic E-state index is -4.12. The Hall–Kier alpha value is -1.59. The van der Waals surface area contributed by atoms with Crippen LogP contribution in [0.2, 0.25) is 0 Å². The summed E-state index contributed by atoms with van der Waals surface area (Å²) in [4.78, 5) is 14.4. The van der Waals surface area contributed by atoms with Gasteiger partial charge in [0.05, 0.1) is 10.8 Å². The third-order valence-corrected chi connectivity index (χ3v) is 4.34. The number of aliphatic imine (C=N–C) groups is 1. The third-order valence-electron chi connectivity index (χ3n) is 4.34. The van der Waals surface area contributed by atoms with Gasteiger partial charge in [-0.2, -0.15) is 13.2 Å². The number of rotatable bonds is 4. The van der Waals surface area contributed by atoms with E-state index < -0.39 is 17.0 Å². The molecule has 2 N–H and O–H groups in total. The summed E-state index contributed by atoms with van der Waals surface area (Å²) in [5, 5.41) is 16.9. The molecule has 1 saturated carbocycles. The molecule has 1 fully saturated rings. The van der Waals surface area contributed by atoms with Crippen molar-refractivity contribution in [3.05, 3.63) is 39.9 Å². The fourth-order valence-electron chi connectivity index (χ4n) is 2.92.